The van der Waals surface area contributed by atoms with E-state index in [4.69, 9.17) is 9.26 Å². The average molecular weight is 413 g/mol. The third-order valence-electron chi connectivity index (χ3n) is 5.84. The van der Waals surface area contributed by atoms with Crippen LogP contribution in [0.1, 0.15) is 41.6 Å². The normalized spacial score (nSPS) is 16.4. The SMILES string of the molecule is COc1ccc(-c2noc([C@H]3CCCCN3C(=O)c3ccc4ccccc4c3)n2)cc1. The van der Waals surface area contributed by atoms with Gasteiger partial charge in [0.25, 0.3) is 5.91 Å². The van der Waals surface area contributed by atoms with Crippen LogP contribution in [0.3, 0.4) is 0 Å². The Hall–Kier alpha value is -3.67. The first kappa shape index (κ1) is 19.3. The quantitative estimate of drug-likeness (QED) is 0.456. The van der Waals surface area contributed by atoms with Gasteiger partial charge >= 0.3 is 0 Å². The molecule has 4 aromatic rings. The molecular formula is C25H23N3O3. The summed E-state index contributed by atoms with van der Waals surface area (Å²) in [5.41, 5.74) is 1.53. The maximum absolute atomic E-state index is 13.4. The molecule has 3 aromatic carbocycles. The Morgan fingerprint density at radius 2 is 1.84 bits per heavy atom. The second-order valence-electron chi connectivity index (χ2n) is 7.76. The molecule has 0 unspecified atom stereocenters. The molecule has 0 spiro atoms. The minimum atomic E-state index is -0.216. The first-order valence-corrected chi connectivity index (χ1v) is 10.5. The summed E-state index contributed by atoms with van der Waals surface area (Å²) in [6.07, 6.45) is 2.80. The molecule has 1 fully saturated rings. The number of methoxy groups -OCH3 is 1. The van der Waals surface area contributed by atoms with Gasteiger partial charge in [-0.2, -0.15) is 4.98 Å². The van der Waals surface area contributed by atoms with Gasteiger partial charge in [-0.15, -0.1) is 0 Å². The molecule has 1 amide bonds. The molecule has 1 aromatic heterocycles. The predicted molar refractivity (Wildman–Crippen MR) is 118 cm³/mol. The Morgan fingerprint density at radius 1 is 1.03 bits per heavy atom. The third-order valence-corrected chi connectivity index (χ3v) is 5.84. The minimum absolute atomic E-state index is 0.000324. The number of hydrogen-bond donors (Lipinski definition) is 0. The van der Waals surface area contributed by atoms with Crippen LogP contribution in [0.25, 0.3) is 22.2 Å². The summed E-state index contributed by atoms with van der Waals surface area (Å²) in [6.45, 7) is 0.677. The Bertz CT molecular complexity index is 1220. The van der Waals surface area contributed by atoms with E-state index >= 15 is 0 Å². The number of benzene rings is 3. The van der Waals surface area contributed by atoms with Gasteiger partial charge in [-0.1, -0.05) is 35.5 Å². The number of aromatic nitrogens is 2. The molecular weight excluding hydrogens is 390 g/mol. The van der Waals surface area contributed by atoms with E-state index in [-0.39, 0.29) is 11.9 Å². The van der Waals surface area contributed by atoms with Gasteiger partial charge in [-0.25, -0.2) is 0 Å². The molecule has 1 atom stereocenters. The molecule has 0 radical (unpaired) electrons. The van der Waals surface area contributed by atoms with Gasteiger partial charge in [0.05, 0.1) is 7.11 Å². The number of amides is 1. The number of fused-ring (bicyclic) bond motifs is 1. The highest BCUT2D eigenvalue weighted by Crippen LogP contribution is 2.33. The Morgan fingerprint density at radius 3 is 2.65 bits per heavy atom. The second-order valence-corrected chi connectivity index (χ2v) is 7.76. The fourth-order valence-electron chi connectivity index (χ4n) is 4.15. The minimum Gasteiger partial charge on any atom is -0.497 e. The summed E-state index contributed by atoms with van der Waals surface area (Å²) in [5.74, 6) is 1.77. The lowest BCUT2D eigenvalue weighted by atomic mass is 9.99. The smallest absolute Gasteiger partial charge is 0.254 e. The monoisotopic (exact) mass is 413 g/mol. The van der Waals surface area contributed by atoms with Crippen LogP contribution in [-0.2, 0) is 0 Å². The highest BCUT2D eigenvalue weighted by atomic mass is 16.5. The number of carbonyl (C=O) groups is 1. The third kappa shape index (κ3) is 3.77. The first-order chi connectivity index (χ1) is 15.2. The Kier molecular flexibility index (Phi) is 5.12. The van der Waals surface area contributed by atoms with E-state index < -0.39 is 0 Å². The molecule has 1 saturated heterocycles. The van der Waals surface area contributed by atoms with Crippen molar-refractivity contribution >= 4 is 16.7 Å². The van der Waals surface area contributed by atoms with Gasteiger partial charge in [0, 0.05) is 17.7 Å². The number of rotatable bonds is 4. The highest BCUT2D eigenvalue weighted by molar-refractivity contribution is 5.98. The van der Waals surface area contributed by atoms with E-state index in [1.54, 1.807) is 7.11 Å². The Balaban J connectivity index is 1.42. The summed E-state index contributed by atoms with van der Waals surface area (Å²) in [7, 11) is 1.63. The lowest BCUT2D eigenvalue weighted by Gasteiger charge is -2.33. The van der Waals surface area contributed by atoms with Crippen LogP contribution in [-0.4, -0.2) is 34.6 Å². The maximum Gasteiger partial charge on any atom is 0.254 e. The summed E-state index contributed by atoms with van der Waals surface area (Å²) >= 11 is 0. The van der Waals surface area contributed by atoms with E-state index in [9.17, 15) is 4.79 Å². The van der Waals surface area contributed by atoms with Crippen molar-refractivity contribution in [3.8, 4) is 17.1 Å². The van der Waals surface area contributed by atoms with E-state index in [1.807, 2.05) is 71.6 Å². The molecule has 6 heteroatoms. The zero-order valence-corrected chi connectivity index (χ0v) is 17.3. The number of piperidine rings is 1. The highest BCUT2D eigenvalue weighted by Gasteiger charge is 2.33. The van der Waals surface area contributed by atoms with Gasteiger partial charge in [0.15, 0.2) is 0 Å². The van der Waals surface area contributed by atoms with Crippen molar-refractivity contribution in [3.05, 3.63) is 78.2 Å². The van der Waals surface area contributed by atoms with Gasteiger partial charge in [0.2, 0.25) is 11.7 Å². The number of nitrogens with zero attached hydrogens (tertiary/aromatic N) is 3. The summed E-state index contributed by atoms with van der Waals surface area (Å²) in [6, 6.07) is 21.2. The zero-order valence-electron chi connectivity index (χ0n) is 17.3. The largest absolute Gasteiger partial charge is 0.497 e. The predicted octanol–water partition coefficient (Wildman–Crippen LogP) is 5.27. The Labute approximate surface area is 180 Å². The molecule has 5 rings (SSSR count). The van der Waals surface area contributed by atoms with Gasteiger partial charge in [0.1, 0.15) is 11.8 Å². The van der Waals surface area contributed by atoms with E-state index in [0.717, 1.165) is 41.3 Å². The second kappa shape index (κ2) is 8.22. The molecule has 1 aliphatic rings. The zero-order chi connectivity index (χ0) is 21.2. The van der Waals surface area contributed by atoms with Crippen LogP contribution in [0.2, 0.25) is 0 Å². The molecule has 156 valence electrons. The number of carbonyl (C=O) groups excluding carboxylic acids is 1. The van der Waals surface area contributed by atoms with Crippen LogP contribution in [0.4, 0.5) is 0 Å². The molecule has 6 nitrogen and oxygen atoms in total. The molecule has 1 aliphatic heterocycles. The molecule has 0 saturated carbocycles. The van der Waals surface area contributed by atoms with Crippen molar-refractivity contribution in [3.63, 3.8) is 0 Å². The van der Waals surface area contributed by atoms with Gasteiger partial charge in [-0.3, -0.25) is 4.79 Å². The van der Waals surface area contributed by atoms with Crippen molar-refractivity contribution in [1.82, 2.24) is 15.0 Å². The fourth-order valence-corrected chi connectivity index (χ4v) is 4.15. The summed E-state index contributed by atoms with van der Waals surface area (Å²) in [4.78, 5) is 19.9. The summed E-state index contributed by atoms with van der Waals surface area (Å²) in [5, 5.41) is 6.34. The van der Waals surface area contributed by atoms with Crippen molar-refractivity contribution < 1.29 is 14.1 Å². The fraction of sp³-hybridized carbons (Fsp3) is 0.240. The van der Waals surface area contributed by atoms with Crippen LogP contribution in [0.15, 0.2) is 71.3 Å². The van der Waals surface area contributed by atoms with Crippen molar-refractivity contribution in [2.45, 2.75) is 25.3 Å². The maximum atomic E-state index is 13.4. The van der Waals surface area contributed by atoms with Crippen molar-refractivity contribution in [2.75, 3.05) is 13.7 Å². The van der Waals surface area contributed by atoms with E-state index in [2.05, 4.69) is 10.1 Å². The van der Waals surface area contributed by atoms with Crippen LogP contribution in [0.5, 0.6) is 5.75 Å². The van der Waals surface area contributed by atoms with Crippen molar-refractivity contribution in [2.24, 2.45) is 0 Å². The molecule has 0 N–H and O–H groups in total. The van der Waals surface area contributed by atoms with E-state index in [0.29, 0.717) is 23.8 Å². The van der Waals surface area contributed by atoms with Crippen LogP contribution in [0, 0.1) is 0 Å². The number of hydrogen-bond acceptors (Lipinski definition) is 5. The van der Waals surface area contributed by atoms with Crippen molar-refractivity contribution in [1.29, 1.82) is 0 Å². The topological polar surface area (TPSA) is 68.5 Å². The van der Waals surface area contributed by atoms with Crippen LogP contribution >= 0.6 is 0 Å². The van der Waals surface area contributed by atoms with Crippen LogP contribution < -0.4 is 4.74 Å². The molecule has 2 heterocycles. The van der Waals surface area contributed by atoms with Gasteiger partial charge < -0.3 is 14.2 Å². The number of ether oxygens (including phenoxy) is 1. The summed E-state index contributed by atoms with van der Waals surface area (Å²) < 4.78 is 10.8. The number of likely N-dealkylation sites (tertiary alicyclic amines) is 1. The molecule has 0 bridgehead atoms. The van der Waals surface area contributed by atoms with Gasteiger partial charge in [-0.05, 0) is 66.4 Å². The molecule has 31 heavy (non-hydrogen) atoms. The molecule has 0 aliphatic carbocycles. The van der Waals surface area contributed by atoms with E-state index in [1.165, 1.54) is 0 Å². The lowest BCUT2D eigenvalue weighted by molar-refractivity contribution is 0.0561. The first-order valence-electron chi connectivity index (χ1n) is 10.5. The standard InChI is InChI=1S/C25H23N3O3/c1-30-21-13-11-18(12-14-21)23-26-24(31-27-23)22-8-4-5-15-28(22)25(29)20-10-9-17-6-2-3-7-19(17)16-20/h2-3,6-7,9-14,16,22H,4-5,8,15H2,1H3/t22-/m1/s1. The average Bonchev–Trinajstić information content (AvgIpc) is 3.33. The lowest BCUT2D eigenvalue weighted by Crippen LogP contribution is -2.38.